The van der Waals surface area contributed by atoms with E-state index in [0.29, 0.717) is 25.9 Å². The molecule has 1 aliphatic heterocycles. The van der Waals surface area contributed by atoms with Gasteiger partial charge in [0.25, 0.3) is 0 Å². The zero-order valence-corrected chi connectivity index (χ0v) is 17.7. The fourth-order valence-corrected chi connectivity index (χ4v) is 4.45. The minimum atomic E-state index is -0.261. The highest BCUT2D eigenvalue weighted by atomic mass is 35.5. The smallest absolute Gasteiger partial charge is 0.227 e. The van der Waals surface area contributed by atoms with E-state index in [2.05, 4.69) is 5.32 Å². The average Bonchev–Trinajstić information content (AvgIpc) is 3.20. The van der Waals surface area contributed by atoms with Crippen molar-refractivity contribution in [3.63, 3.8) is 0 Å². The summed E-state index contributed by atoms with van der Waals surface area (Å²) in [5, 5.41) is 5.05. The van der Waals surface area contributed by atoms with Crippen LogP contribution in [-0.2, 0) is 9.59 Å². The van der Waals surface area contributed by atoms with Crippen LogP contribution in [0.2, 0.25) is 0 Å². The van der Waals surface area contributed by atoms with Crippen molar-refractivity contribution in [3.05, 3.63) is 52.2 Å². The molecule has 1 aromatic carbocycles. The molecular weight excluding hydrogens is 394 g/mol. The third kappa shape index (κ3) is 5.13. The topological polar surface area (TPSA) is 75.4 Å². The van der Waals surface area contributed by atoms with E-state index in [-0.39, 0.29) is 36.2 Å². The molecule has 1 saturated heterocycles. The Balaban J connectivity index is 0.00000280. The summed E-state index contributed by atoms with van der Waals surface area (Å²) in [5.74, 6) is -0.153. The Kier molecular flexibility index (Phi) is 8.48. The largest absolute Gasteiger partial charge is 0.356 e. The summed E-state index contributed by atoms with van der Waals surface area (Å²) in [6.45, 7) is 3.28. The number of hydrogen-bond donors (Lipinski definition) is 2. The zero-order valence-electron chi connectivity index (χ0n) is 16.1. The number of hydrogen-bond acceptors (Lipinski definition) is 4. The van der Waals surface area contributed by atoms with E-state index < -0.39 is 0 Å². The van der Waals surface area contributed by atoms with Crippen LogP contribution in [0, 0.1) is 12.8 Å². The first-order valence-electron chi connectivity index (χ1n) is 9.51. The third-order valence-corrected chi connectivity index (χ3v) is 5.95. The van der Waals surface area contributed by atoms with Gasteiger partial charge in [0.05, 0.1) is 12.0 Å². The van der Waals surface area contributed by atoms with Gasteiger partial charge in [-0.1, -0.05) is 23.8 Å². The summed E-state index contributed by atoms with van der Waals surface area (Å²) in [5.41, 5.74) is 7.52. The number of carbonyl (C=O) groups is 2. The van der Waals surface area contributed by atoms with Gasteiger partial charge in [0.2, 0.25) is 11.8 Å². The van der Waals surface area contributed by atoms with Gasteiger partial charge in [-0.05, 0) is 56.3 Å². The molecule has 0 aliphatic carbocycles. The standard InChI is InChI=1S/C21H27N3O2S.ClH/c1-15-6-8-16(9-7-15)24-19(25)11-10-17(20(24)18-5-4-14-27-18)21(26)23-13-3-2-12-22;/h4-9,14,17,20H,2-3,10-13,22H2,1H3,(H,23,26);1H. The second-order valence-corrected chi connectivity index (χ2v) is 7.97. The first kappa shape index (κ1) is 22.4. The fraction of sp³-hybridized carbons (Fsp3) is 0.429. The van der Waals surface area contributed by atoms with E-state index in [9.17, 15) is 9.59 Å². The van der Waals surface area contributed by atoms with Crippen LogP contribution >= 0.6 is 23.7 Å². The number of piperidine rings is 1. The van der Waals surface area contributed by atoms with Gasteiger partial charge in [0.15, 0.2) is 0 Å². The van der Waals surface area contributed by atoms with Crippen LogP contribution in [0.5, 0.6) is 0 Å². The molecule has 1 fully saturated rings. The van der Waals surface area contributed by atoms with Crippen molar-refractivity contribution in [3.8, 4) is 0 Å². The van der Waals surface area contributed by atoms with Gasteiger partial charge < -0.3 is 16.0 Å². The number of amides is 2. The van der Waals surface area contributed by atoms with E-state index in [1.807, 2.05) is 53.6 Å². The van der Waals surface area contributed by atoms with Crippen molar-refractivity contribution in [1.29, 1.82) is 0 Å². The van der Waals surface area contributed by atoms with Crippen LogP contribution < -0.4 is 16.0 Å². The molecule has 2 unspecified atom stereocenters. The summed E-state index contributed by atoms with van der Waals surface area (Å²) < 4.78 is 0. The molecule has 0 spiro atoms. The second-order valence-electron chi connectivity index (χ2n) is 6.99. The summed E-state index contributed by atoms with van der Waals surface area (Å²) in [6, 6.07) is 11.7. The molecule has 3 N–H and O–H groups in total. The number of rotatable bonds is 7. The molecule has 2 heterocycles. The number of nitrogens with two attached hydrogens (primary N) is 1. The molecule has 0 bridgehead atoms. The van der Waals surface area contributed by atoms with Crippen molar-refractivity contribution in [2.24, 2.45) is 11.7 Å². The number of unbranched alkanes of at least 4 members (excludes halogenated alkanes) is 1. The number of benzene rings is 1. The first-order chi connectivity index (χ1) is 13.1. The lowest BCUT2D eigenvalue weighted by atomic mass is 9.86. The van der Waals surface area contributed by atoms with E-state index in [1.165, 1.54) is 0 Å². The molecule has 0 radical (unpaired) electrons. The van der Waals surface area contributed by atoms with E-state index in [1.54, 1.807) is 11.3 Å². The van der Waals surface area contributed by atoms with E-state index in [4.69, 9.17) is 5.73 Å². The van der Waals surface area contributed by atoms with Crippen LogP contribution in [-0.4, -0.2) is 24.9 Å². The molecule has 1 aliphatic rings. The van der Waals surface area contributed by atoms with Crippen molar-refractivity contribution >= 4 is 41.2 Å². The molecule has 2 amide bonds. The number of halogens is 1. The molecule has 2 atom stereocenters. The summed E-state index contributed by atoms with van der Waals surface area (Å²) in [6.07, 6.45) is 2.73. The molecule has 7 heteroatoms. The van der Waals surface area contributed by atoms with E-state index in [0.717, 1.165) is 29.0 Å². The number of thiophene rings is 1. The van der Waals surface area contributed by atoms with Crippen molar-refractivity contribution in [1.82, 2.24) is 5.32 Å². The highest BCUT2D eigenvalue weighted by molar-refractivity contribution is 7.10. The Morgan fingerprint density at radius 2 is 2.00 bits per heavy atom. The third-order valence-electron chi connectivity index (χ3n) is 5.01. The maximum atomic E-state index is 12.9. The van der Waals surface area contributed by atoms with Crippen LogP contribution in [0.15, 0.2) is 41.8 Å². The summed E-state index contributed by atoms with van der Waals surface area (Å²) in [7, 11) is 0. The van der Waals surface area contributed by atoms with Gasteiger partial charge in [-0.25, -0.2) is 0 Å². The van der Waals surface area contributed by atoms with Crippen molar-refractivity contribution in [2.45, 2.75) is 38.6 Å². The van der Waals surface area contributed by atoms with Crippen LogP contribution in [0.3, 0.4) is 0 Å². The second kappa shape index (κ2) is 10.6. The van der Waals surface area contributed by atoms with Gasteiger partial charge in [-0.3, -0.25) is 9.59 Å². The molecule has 1 aromatic heterocycles. The number of nitrogens with zero attached hydrogens (tertiary/aromatic N) is 1. The Hall–Kier alpha value is -1.89. The Labute approximate surface area is 176 Å². The van der Waals surface area contributed by atoms with Crippen LogP contribution in [0.1, 0.15) is 42.2 Å². The van der Waals surface area contributed by atoms with Crippen molar-refractivity contribution < 1.29 is 9.59 Å². The van der Waals surface area contributed by atoms with Crippen LogP contribution in [0.25, 0.3) is 0 Å². The van der Waals surface area contributed by atoms with E-state index >= 15 is 0 Å². The minimum Gasteiger partial charge on any atom is -0.356 e. The Morgan fingerprint density at radius 3 is 2.64 bits per heavy atom. The number of anilines is 1. The Morgan fingerprint density at radius 1 is 1.25 bits per heavy atom. The van der Waals surface area contributed by atoms with Gasteiger partial charge in [-0.15, -0.1) is 23.7 Å². The summed E-state index contributed by atoms with van der Waals surface area (Å²) >= 11 is 1.60. The lowest BCUT2D eigenvalue weighted by molar-refractivity contribution is -0.129. The molecular formula is C21H28ClN3O2S. The molecule has 0 saturated carbocycles. The SMILES string of the molecule is Cc1ccc(N2C(=O)CCC(C(=O)NCCCCN)C2c2cccs2)cc1.Cl. The van der Waals surface area contributed by atoms with Crippen LogP contribution in [0.4, 0.5) is 5.69 Å². The predicted molar refractivity (Wildman–Crippen MR) is 117 cm³/mol. The highest BCUT2D eigenvalue weighted by Gasteiger charge is 2.41. The first-order valence-corrected chi connectivity index (χ1v) is 10.4. The average molecular weight is 422 g/mol. The quantitative estimate of drug-likeness (QED) is 0.667. The van der Waals surface area contributed by atoms with Crippen molar-refractivity contribution in [2.75, 3.05) is 18.0 Å². The Bertz CT molecular complexity index is 764. The molecule has 3 rings (SSSR count). The maximum absolute atomic E-state index is 12.9. The van der Waals surface area contributed by atoms with Gasteiger partial charge >= 0.3 is 0 Å². The highest BCUT2D eigenvalue weighted by Crippen LogP contribution is 2.41. The normalized spacial score (nSPS) is 19.2. The number of nitrogens with one attached hydrogen (secondary N) is 1. The van der Waals surface area contributed by atoms with Gasteiger partial charge in [0.1, 0.15) is 0 Å². The lowest BCUT2D eigenvalue weighted by Gasteiger charge is -2.40. The van der Waals surface area contributed by atoms with Gasteiger partial charge in [-0.2, -0.15) is 0 Å². The monoisotopic (exact) mass is 421 g/mol. The lowest BCUT2D eigenvalue weighted by Crippen LogP contribution is -2.48. The molecule has 5 nitrogen and oxygen atoms in total. The molecule has 152 valence electrons. The van der Waals surface area contributed by atoms with Gasteiger partial charge in [0, 0.05) is 23.5 Å². The molecule has 28 heavy (non-hydrogen) atoms. The number of aryl methyl sites for hydroxylation is 1. The maximum Gasteiger partial charge on any atom is 0.227 e. The summed E-state index contributed by atoms with van der Waals surface area (Å²) in [4.78, 5) is 28.6. The predicted octanol–water partition coefficient (Wildman–Crippen LogP) is 3.82. The number of carbonyl (C=O) groups excluding carboxylic acids is 2. The minimum absolute atomic E-state index is 0. The fourth-order valence-electron chi connectivity index (χ4n) is 3.57. The molecule has 2 aromatic rings. The zero-order chi connectivity index (χ0) is 19.2.